The summed E-state index contributed by atoms with van der Waals surface area (Å²) in [4.78, 5) is 17.3. The monoisotopic (exact) mass is 282 g/mol. The van der Waals surface area contributed by atoms with Gasteiger partial charge in [-0.25, -0.2) is 4.98 Å². The number of hydrogen-bond donors (Lipinski definition) is 4. The van der Waals surface area contributed by atoms with E-state index in [9.17, 15) is 13.2 Å². The number of primary amides is 1. The van der Waals surface area contributed by atoms with E-state index in [1.165, 1.54) is 30.6 Å². The summed E-state index contributed by atoms with van der Waals surface area (Å²) in [7, 11) is -4.23. The van der Waals surface area contributed by atoms with Crippen molar-refractivity contribution >= 4 is 27.5 Å². The van der Waals surface area contributed by atoms with Crippen LogP contribution in [0.1, 0.15) is 10.5 Å². The summed E-state index contributed by atoms with van der Waals surface area (Å²) in [5, 5.41) is 2.79. The molecule has 1 aromatic carbocycles. The number of nitrogens with one attached hydrogen (secondary N) is 2. The largest absolute Gasteiger partial charge is 0.364 e. The highest BCUT2D eigenvalue weighted by molar-refractivity contribution is 7.85. The Morgan fingerprint density at radius 3 is 2.47 bits per heavy atom. The standard InChI is InChI=1S/C10H10N4O4S/c11-9(15)8-10(13-5-12-8)14-6-1-3-7(4-2-6)19(16,17)18/h1-5,14H,(H2,11,15)(H,12,13)(H,16,17,18). The van der Waals surface area contributed by atoms with Gasteiger partial charge in [-0.3, -0.25) is 9.35 Å². The molecule has 0 fully saturated rings. The number of imidazole rings is 1. The van der Waals surface area contributed by atoms with E-state index in [0.717, 1.165) is 0 Å². The molecular formula is C10H10N4O4S. The molecule has 1 aromatic heterocycles. The van der Waals surface area contributed by atoms with Gasteiger partial charge in [-0.15, -0.1) is 0 Å². The number of amides is 1. The van der Waals surface area contributed by atoms with Crippen molar-refractivity contribution in [1.29, 1.82) is 0 Å². The van der Waals surface area contributed by atoms with E-state index in [-0.39, 0.29) is 16.4 Å². The zero-order valence-electron chi connectivity index (χ0n) is 9.49. The molecule has 0 saturated heterocycles. The fourth-order valence-corrected chi connectivity index (χ4v) is 1.90. The van der Waals surface area contributed by atoms with E-state index in [0.29, 0.717) is 5.69 Å². The van der Waals surface area contributed by atoms with Crippen molar-refractivity contribution in [2.45, 2.75) is 4.90 Å². The van der Waals surface area contributed by atoms with Gasteiger partial charge in [0.25, 0.3) is 16.0 Å². The number of hydrogen-bond acceptors (Lipinski definition) is 5. The lowest BCUT2D eigenvalue weighted by Crippen LogP contribution is -2.13. The molecule has 100 valence electrons. The molecule has 1 heterocycles. The van der Waals surface area contributed by atoms with Crippen LogP contribution < -0.4 is 11.1 Å². The summed E-state index contributed by atoms with van der Waals surface area (Å²) in [5.74, 6) is -0.443. The third-order valence-electron chi connectivity index (χ3n) is 2.30. The van der Waals surface area contributed by atoms with Crippen molar-refractivity contribution in [3.63, 3.8) is 0 Å². The molecule has 0 saturated carbocycles. The maximum Gasteiger partial charge on any atom is 0.294 e. The topological polar surface area (TPSA) is 138 Å². The average molecular weight is 282 g/mol. The van der Waals surface area contributed by atoms with Gasteiger partial charge in [-0.1, -0.05) is 0 Å². The number of aromatic amines is 1. The Bertz CT molecular complexity index is 705. The van der Waals surface area contributed by atoms with Gasteiger partial charge in [0.1, 0.15) is 5.69 Å². The summed E-state index contributed by atoms with van der Waals surface area (Å²) in [6, 6.07) is 5.27. The third kappa shape index (κ3) is 2.89. The first-order valence-electron chi connectivity index (χ1n) is 5.05. The molecule has 0 aliphatic heterocycles. The third-order valence-corrected chi connectivity index (χ3v) is 3.17. The first-order valence-corrected chi connectivity index (χ1v) is 6.49. The Kier molecular flexibility index (Phi) is 3.23. The van der Waals surface area contributed by atoms with Crippen LogP contribution in [-0.2, 0) is 10.1 Å². The molecule has 2 aromatic rings. The molecule has 19 heavy (non-hydrogen) atoms. The second-order valence-electron chi connectivity index (χ2n) is 3.61. The van der Waals surface area contributed by atoms with E-state index in [1.54, 1.807) is 0 Å². The van der Waals surface area contributed by atoms with Crippen molar-refractivity contribution in [2.24, 2.45) is 5.73 Å². The van der Waals surface area contributed by atoms with Crippen LogP contribution in [0.3, 0.4) is 0 Å². The van der Waals surface area contributed by atoms with Crippen molar-refractivity contribution in [3.05, 3.63) is 36.3 Å². The van der Waals surface area contributed by atoms with E-state index < -0.39 is 16.0 Å². The molecule has 0 radical (unpaired) electrons. The summed E-state index contributed by atoms with van der Waals surface area (Å²) in [6.45, 7) is 0. The van der Waals surface area contributed by atoms with Gasteiger partial charge in [-0.05, 0) is 24.3 Å². The highest BCUT2D eigenvalue weighted by atomic mass is 32.2. The minimum atomic E-state index is -4.23. The fourth-order valence-electron chi connectivity index (χ4n) is 1.42. The van der Waals surface area contributed by atoms with Crippen LogP contribution in [-0.4, -0.2) is 28.8 Å². The molecule has 8 nitrogen and oxygen atoms in total. The van der Waals surface area contributed by atoms with Crippen LogP contribution >= 0.6 is 0 Å². The van der Waals surface area contributed by atoms with Crippen molar-refractivity contribution in [1.82, 2.24) is 9.97 Å². The number of carbonyl (C=O) groups excluding carboxylic acids is 1. The van der Waals surface area contributed by atoms with E-state index in [2.05, 4.69) is 15.3 Å². The lowest BCUT2D eigenvalue weighted by atomic mass is 10.3. The van der Waals surface area contributed by atoms with Gasteiger partial charge in [0.05, 0.1) is 11.2 Å². The van der Waals surface area contributed by atoms with Crippen molar-refractivity contribution in [2.75, 3.05) is 5.32 Å². The Balaban J connectivity index is 2.25. The van der Waals surface area contributed by atoms with E-state index in [1.807, 2.05) is 0 Å². The Labute approximate surface area is 108 Å². The lowest BCUT2D eigenvalue weighted by Gasteiger charge is -2.05. The summed E-state index contributed by atoms with van der Waals surface area (Å²) in [5.41, 5.74) is 5.73. The fraction of sp³-hybridized carbons (Fsp3) is 0. The molecule has 0 spiro atoms. The Morgan fingerprint density at radius 1 is 1.32 bits per heavy atom. The molecule has 0 aliphatic carbocycles. The SMILES string of the molecule is NC(=O)c1[nH]cnc1Nc1ccc(S(=O)(=O)O)cc1. The first kappa shape index (κ1) is 13.1. The van der Waals surface area contributed by atoms with Gasteiger partial charge >= 0.3 is 0 Å². The Morgan fingerprint density at radius 2 is 1.95 bits per heavy atom. The van der Waals surface area contributed by atoms with Gasteiger partial charge in [-0.2, -0.15) is 8.42 Å². The maximum absolute atomic E-state index is 11.1. The molecule has 5 N–H and O–H groups in total. The number of rotatable bonds is 4. The zero-order valence-corrected chi connectivity index (χ0v) is 10.3. The first-order chi connectivity index (χ1) is 8.88. The molecule has 0 atom stereocenters. The summed E-state index contributed by atoms with van der Waals surface area (Å²) in [6.07, 6.45) is 1.30. The van der Waals surface area contributed by atoms with Gasteiger partial charge in [0.2, 0.25) is 0 Å². The zero-order chi connectivity index (χ0) is 14.0. The van der Waals surface area contributed by atoms with Crippen molar-refractivity contribution < 1.29 is 17.8 Å². The predicted molar refractivity (Wildman–Crippen MR) is 66.6 cm³/mol. The molecule has 0 bridgehead atoms. The number of nitrogens with two attached hydrogens (primary N) is 1. The normalized spacial score (nSPS) is 11.2. The highest BCUT2D eigenvalue weighted by Crippen LogP contribution is 2.19. The molecular weight excluding hydrogens is 272 g/mol. The number of benzene rings is 1. The molecule has 9 heteroatoms. The number of nitrogens with zero attached hydrogens (tertiary/aromatic N) is 1. The lowest BCUT2D eigenvalue weighted by molar-refractivity contribution is 0.0997. The van der Waals surface area contributed by atoms with Crippen molar-refractivity contribution in [3.8, 4) is 0 Å². The number of H-pyrrole nitrogens is 1. The van der Waals surface area contributed by atoms with Crippen LogP contribution in [0.15, 0.2) is 35.5 Å². The van der Waals surface area contributed by atoms with E-state index >= 15 is 0 Å². The number of anilines is 2. The predicted octanol–water partition coefficient (Wildman–Crippen LogP) is 0.499. The van der Waals surface area contributed by atoms with Gasteiger partial charge in [0.15, 0.2) is 5.82 Å². The molecule has 1 amide bonds. The van der Waals surface area contributed by atoms with Crippen LogP contribution in [0, 0.1) is 0 Å². The second-order valence-corrected chi connectivity index (χ2v) is 5.04. The van der Waals surface area contributed by atoms with Crippen LogP contribution in [0.5, 0.6) is 0 Å². The maximum atomic E-state index is 11.1. The van der Waals surface area contributed by atoms with Gasteiger partial charge in [0, 0.05) is 5.69 Å². The second kappa shape index (κ2) is 4.71. The van der Waals surface area contributed by atoms with Crippen LogP contribution in [0.25, 0.3) is 0 Å². The molecule has 0 aliphatic rings. The quantitative estimate of drug-likeness (QED) is 0.602. The minimum absolute atomic E-state index is 0.110. The van der Waals surface area contributed by atoms with Gasteiger partial charge < -0.3 is 16.0 Å². The molecule has 2 rings (SSSR count). The number of carbonyl (C=O) groups is 1. The smallest absolute Gasteiger partial charge is 0.294 e. The molecule has 0 unspecified atom stereocenters. The minimum Gasteiger partial charge on any atom is -0.364 e. The Hall–Kier alpha value is -2.39. The van der Waals surface area contributed by atoms with Crippen LogP contribution in [0.4, 0.5) is 11.5 Å². The van der Waals surface area contributed by atoms with E-state index in [4.69, 9.17) is 10.3 Å². The summed E-state index contributed by atoms with van der Waals surface area (Å²) >= 11 is 0. The summed E-state index contributed by atoms with van der Waals surface area (Å²) < 4.78 is 30.5. The van der Waals surface area contributed by atoms with Crippen LogP contribution in [0.2, 0.25) is 0 Å². The number of aromatic nitrogens is 2. The highest BCUT2D eigenvalue weighted by Gasteiger charge is 2.12. The average Bonchev–Trinajstić information content (AvgIpc) is 2.77.